The minimum Gasteiger partial charge on any atom is -0.339 e. The van der Waals surface area contributed by atoms with Gasteiger partial charge in [-0.2, -0.15) is 0 Å². The van der Waals surface area contributed by atoms with Gasteiger partial charge in [0, 0.05) is 23.5 Å². The summed E-state index contributed by atoms with van der Waals surface area (Å²) >= 11 is 1.58. The molecule has 5 heteroatoms. The number of likely N-dealkylation sites (tertiary alicyclic amines) is 1. The van der Waals surface area contributed by atoms with Crippen molar-refractivity contribution < 1.29 is 9.59 Å². The summed E-state index contributed by atoms with van der Waals surface area (Å²) in [4.78, 5) is 28.9. The molecule has 1 aliphatic heterocycles. The number of nitrogens with zero attached hydrogens (tertiary/aromatic N) is 1. The first-order valence-corrected chi connectivity index (χ1v) is 9.77. The molecule has 2 amide bonds. The van der Waals surface area contributed by atoms with Gasteiger partial charge in [0.25, 0.3) is 11.8 Å². The molecule has 1 aromatic carbocycles. The zero-order valence-electron chi connectivity index (χ0n) is 14.4. The predicted molar refractivity (Wildman–Crippen MR) is 101 cm³/mol. The first-order chi connectivity index (χ1) is 12.1. The third-order valence-corrected chi connectivity index (χ3v) is 6.24. The van der Waals surface area contributed by atoms with Gasteiger partial charge in [-0.25, -0.2) is 0 Å². The lowest BCUT2D eigenvalue weighted by atomic mass is 10.1. The summed E-state index contributed by atoms with van der Waals surface area (Å²) in [6.07, 6.45) is 5.21. The average Bonchev–Trinajstić information content (AvgIpc) is 3.31. The topological polar surface area (TPSA) is 49.4 Å². The number of carbonyl (C=O) groups is 2. The van der Waals surface area contributed by atoms with Crippen LogP contribution >= 0.6 is 11.3 Å². The molecule has 2 aliphatic rings. The van der Waals surface area contributed by atoms with Crippen molar-refractivity contribution in [1.82, 2.24) is 4.90 Å². The van der Waals surface area contributed by atoms with Gasteiger partial charge >= 0.3 is 0 Å². The van der Waals surface area contributed by atoms with E-state index in [9.17, 15) is 9.59 Å². The number of thiophene rings is 1. The molecular weight excluding hydrogens is 332 g/mol. The van der Waals surface area contributed by atoms with E-state index in [1.54, 1.807) is 11.3 Å². The fourth-order valence-electron chi connectivity index (χ4n) is 3.76. The van der Waals surface area contributed by atoms with Crippen LogP contribution in [0, 0.1) is 6.92 Å². The van der Waals surface area contributed by atoms with E-state index in [-0.39, 0.29) is 11.8 Å². The van der Waals surface area contributed by atoms with Crippen molar-refractivity contribution in [2.24, 2.45) is 0 Å². The van der Waals surface area contributed by atoms with Crippen molar-refractivity contribution in [2.75, 3.05) is 18.4 Å². The van der Waals surface area contributed by atoms with Crippen LogP contribution in [-0.4, -0.2) is 29.8 Å². The molecule has 1 aromatic heterocycles. The molecule has 0 radical (unpaired) electrons. The Morgan fingerprint density at radius 2 is 1.92 bits per heavy atom. The second kappa shape index (κ2) is 6.64. The van der Waals surface area contributed by atoms with Gasteiger partial charge in [0.15, 0.2) is 0 Å². The van der Waals surface area contributed by atoms with E-state index in [0.29, 0.717) is 5.56 Å². The van der Waals surface area contributed by atoms with E-state index in [1.807, 2.05) is 36.1 Å². The summed E-state index contributed by atoms with van der Waals surface area (Å²) in [5.41, 5.74) is 3.60. The Hall–Kier alpha value is -2.14. The van der Waals surface area contributed by atoms with Crippen LogP contribution in [0.15, 0.2) is 24.3 Å². The predicted octanol–water partition coefficient (Wildman–Crippen LogP) is 4.03. The molecule has 0 spiro atoms. The molecule has 1 N–H and O–H groups in total. The number of benzene rings is 1. The summed E-state index contributed by atoms with van der Waals surface area (Å²) in [6, 6.07) is 7.54. The number of hydrogen-bond donors (Lipinski definition) is 1. The Balaban J connectivity index is 1.65. The standard InChI is InChI=1S/C20H22N2O2S/c1-13-6-4-7-14(12-13)18(23)21-19-17(15-8-5-9-16(15)25-19)20(24)22-10-2-3-11-22/h4,6-7,12H,2-3,5,8-11H2,1H3,(H,21,23). The van der Waals surface area contributed by atoms with Crippen LogP contribution in [0.3, 0.4) is 0 Å². The van der Waals surface area contributed by atoms with Crippen LogP contribution in [0.4, 0.5) is 5.00 Å². The molecule has 130 valence electrons. The van der Waals surface area contributed by atoms with Crippen molar-refractivity contribution in [3.05, 3.63) is 51.4 Å². The lowest BCUT2D eigenvalue weighted by Gasteiger charge is -2.17. The number of amides is 2. The number of hydrogen-bond acceptors (Lipinski definition) is 3. The first kappa shape index (κ1) is 16.3. The van der Waals surface area contributed by atoms with Gasteiger partial charge in [-0.05, 0) is 56.7 Å². The maximum atomic E-state index is 13.0. The maximum Gasteiger partial charge on any atom is 0.257 e. The SMILES string of the molecule is Cc1cccc(C(=O)Nc2sc3c(c2C(=O)N2CCCC2)CCC3)c1. The van der Waals surface area contributed by atoms with Crippen molar-refractivity contribution in [2.45, 2.75) is 39.0 Å². The van der Waals surface area contributed by atoms with Gasteiger partial charge in [-0.15, -0.1) is 11.3 Å². The van der Waals surface area contributed by atoms with Gasteiger partial charge in [0.05, 0.1) is 5.56 Å². The van der Waals surface area contributed by atoms with Crippen molar-refractivity contribution in [3.8, 4) is 0 Å². The number of aryl methyl sites for hydroxylation is 2. The van der Waals surface area contributed by atoms with E-state index < -0.39 is 0 Å². The van der Waals surface area contributed by atoms with Crippen LogP contribution in [-0.2, 0) is 12.8 Å². The highest BCUT2D eigenvalue weighted by Crippen LogP contribution is 2.40. The highest BCUT2D eigenvalue weighted by molar-refractivity contribution is 7.17. The lowest BCUT2D eigenvalue weighted by Crippen LogP contribution is -2.29. The molecule has 25 heavy (non-hydrogen) atoms. The van der Waals surface area contributed by atoms with E-state index in [0.717, 1.165) is 61.3 Å². The Morgan fingerprint density at radius 1 is 1.12 bits per heavy atom. The molecule has 1 saturated heterocycles. The zero-order valence-corrected chi connectivity index (χ0v) is 15.2. The number of nitrogens with one attached hydrogen (secondary N) is 1. The van der Waals surface area contributed by atoms with Crippen molar-refractivity contribution >= 4 is 28.2 Å². The molecule has 0 unspecified atom stereocenters. The van der Waals surface area contributed by atoms with Crippen LogP contribution in [0.5, 0.6) is 0 Å². The Labute approximate surface area is 151 Å². The molecule has 1 fully saturated rings. The van der Waals surface area contributed by atoms with Gasteiger partial charge in [0.2, 0.25) is 0 Å². The highest BCUT2D eigenvalue weighted by atomic mass is 32.1. The third-order valence-electron chi connectivity index (χ3n) is 5.04. The fourth-order valence-corrected chi connectivity index (χ4v) is 5.03. The average molecular weight is 354 g/mol. The number of carbonyl (C=O) groups excluding carboxylic acids is 2. The lowest BCUT2D eigenvalue weighted by molar-refractivity contribution is 0.0793. The van der Waals surface area contributed by atoms with Gasteiger partial charge in [-0.3, -0.25) is 9.59 Å². The van der Waals surface area contributed by atoms with Gasteiger partial charge < -0.3 is 10.2 Å². The molecule has 2 heterocycles. The summed E-state index contributed by atoms with van der Waals surface area (Å²) in [7, 11) is 0. The maximum absolute atomic E-state index is 13.0. The quantitative estimate of drug-likeness (QED) is 0.904. The largest absolute Gasteiger partial charge is 0.339 e. The molecule has 0 bridgehead atoms. The highest BCUT2D eigenvalue weighted by Gasteiger charge is 2.31. The number of rotatable bonds is 3. The van der Waals surface area contributed by atoms with Crippen molar-refractivity contribution in [3.63, 3.8) is 0 Å². The Kier molecular flexibility index (Phi) is 4.34. The molecular formula is C20H22N2O2S. The smallest absolute Gasteiger partial charge is 0.257 e. The van der Waals surface area contributed by atoms with E-state index >= 15 is 0 Å². The number of fused-ring (bicyclic) bond motifs is 1. The van der Waals surface area contributed by atoms with Gasteiger partial charge in [-0.1, -0.05) is 17.7 Å². The van der Waals surface area contributed by atoms with Crippen LogP contribution < -0.4 is 5.32 Å². The van der Waals surface area contributed by atoms with Gasteiger partial charge in [0.1, 0.15) is 5.00 Å². The fraction of sp³-hybridized carbons (Fsp3) is 0.400. The monoisotopic (exact) mass is 354 g/mol. The zero-order chi connectivity index (χ0) is 17.4. The number of anilines is 1. The molecule has 0 saturated carbocycles. The van der Waals surface area contributed by atoms with E-state index in [2.05, 4.69) is 5.32 Å². The normalized spacial score (nSPS) is 16.1. The van der Waals surface area contributed by atoms with E-state index in [4.69, 9.17) is 0 Å². The summed E-state index contributed by atoms with van der Waals surface area (Å²) in [5.74, 6) is -0.0458. The third kappa shape index (κ3) is 3.09. The Bertz CT molecular complexity index is 834. The summed E-state index contributed by atoms with van der Waals surface area (Å²) < 4.78 is 0. The van der Waals surface area contributed by atoms with Crippen LogP contribution in [0.1, 0.15) is 56.0 Å². The molecule has 0 atom stereocenters. The minimum absolute atomic E-state index is 0.0939. The van der Waals surface area contributed by atoms with Crippen LogP contribution in [0.25, 0.3) is 0 Å². The Morgan fingerprint density at radius 3 is 2.68 bits per heavy atom. The second-order valence-corrected chi connectivity index (χ2v) is 7.99. The minimum atomic E-state index is -0.140. The molecule has 1 aliphatic carbocycles. The molecule has 2 aromatic rings. The molecule has 4 nitrogen and oxygen atoms in total. The summed E-state index contributed by atoms with van der Waals surface area (Å²) in [5, 5.41) is 3.75. The summed E-state index contributed by atoms with van der Waals surface area (Å²) in [6.45, 7) is 3.63. The van der Waals surface area contributed by atoms with E-state index in [1.165, 1.54) is 10.4 Å². The molecule has 4 rings (SSSR count). The first-order valence-electron chi connectivity index (χ1n) is 8.95. The second-order valence-electron chi connectivity index (χ2n) is 6.88. The van der Waals surface area contributed by atoms with Crippen LogP contribution in [0.2, 0.25) is 0 Å². The van der Waals surface area contributed by atoms with Crippen molar-refractivity contribution in [1.29, 1.82) is 0 Å².